The molecular weight excluding hydrogens is 358 g/mol. The molecule has 2 heterocycles. The van der Waals surface area contributed by atoms with Crippen molar-refractivity contribution in [3.05, 3.63) is 46.1 Å². The van der Waals surface area contributed by atoms with Crippen LogP contribution in [0.15, 0.2) is 44.6 Å². The smallest absolute Gasteiger partial charge is 0.248 e. The molecule has 0 radical (unpaired) electrons. The van der Waals surface area contributed by atoms with E-state index >= 15 is 0 Å². The third kappa shape index (κ3) is 3.39. The van der Waals surface area contributed by atoms with Crippen molar-refractivity contribution in [1.29, 1.82) is 0 Å². The lowest BCUT2D eigenvalue weighted by Gasteiger charge is -2.06. The summed E-state index contributed by atoms with van der Waals surface area (Å²) in [5.74, 6) is 0.908. The summed E-state index contributed by atoms with van der Waals surface area (Å²) in [6.07, 6.45) is 1.63. The van der Waals surface area contributed by atoms with Crippen LogP contribution in [-0.2, 0) is 16.4 Å². The van der Waals surface area contributed by atoms with Crippen molar-refractivity contribution in [3.63, 3.8) is 0 Å². The number of rotatable bonds is 4. The first-order chi connectivity index (χ1) is 10.0. The van der Waals surface area contributed by atoms with E-state index < -0.39 is 9.84 Å². The summed E-state index contributed by atoms with van der Waals surface area (Å²) in [6.45, 7) is 0.321. The van der Waals surface area contributed by atoms with Crippen LogP contribution in [0.25, 0.3) is 11.5 Å². The van der Waals surface area contributed by atoms with Crippen molar-refractivity contribution in [3.8, 4) is 11.5 Å². The van der Waals surface area contributed by atoms with Crippen LogP contribution in [-0.4, -0.2) is 30.4 Å². The van der Waals surface area contributed by atoms with Crippen LogP contribution in [0, 0.1) is 0 Å². The van der Waals surface area contributed by atoms with Gasteiger partial charge in [-0.1, -0.05) is 18.2 Å². The monoisotopic (exact) mass is 369 g/mol. The van der Waals surface area contributed by atoms with Crippen LogP contribution in [0.4, 0.5) is 0 Å². The van der Waals surface area contributed by atoms with Gasteiger partial charge >= 0.3 is 0 Å². The maximum atomic E-state index is 11.3. The zero-order valence-electron chi connectivity index (χ0n) is 10.9. The second-order valence-electron chi connectivity index (χ2n) is 4.63. The molecule has 0 amide bonds. The Bertz CT molecular complexity index is 785. The highest BCUT2D eigenvalue weighted by atomic mass is 79.9. The van der Waals surface area contributed by atoms with Crippen molar-refractivity contribution in [2.75, 3.05) is 5.75 Å². The van der Waals surface area contributed by atoms with E-state index in [4.69, 9.17) is 4.42 Å². The van der Waals surface area contributed by atoms with Gasteiger partial charge in [-0.3, -0.25) is 0 Å². The molecule has 1 N–H and O–H groups in total. The van der Waals surface area contributed by atoms with Gasteiger partial charge in [-0.15, -0.1) is 10.2 Å². The molecule has 6 nitrogen and oxygen atoms in total. The molecule has 1 aliphatic heterocycles. The van der Waals surface area contributed by atoms with Crippen molar-refractivity contribution in [2.45, 2.75) is 12.6 Å². The lowest BCUT2D eigenvalue weighted by molar-refractivity contribution is 0.468. The number of aromatic nitrogens is 2. The third-order valence-electron chi connectivity index (χ3n) is 3.02. The van der Waals surface area contributed by atoms with Gasteiger partial charge < -0.3 is 9.73 Å². The van der Waals surface area contributed by atoms with Gasteiger partial charge in [0.15, 0.2) is 9.84 Å². The van der Waals surface area contributed by atoms with E-state index in [1.165, 1.54) is 5.41 Å². The molecule has 0 saturated heterocycles. The van der Waals surface area contributed by atoms with Gasteiger partial charge in [-0.05, 0) is 28.1 Å². The van der Waals surface area contributed by atoms with Crippen LogP contribution in [0.5, 0.6) is 0 Å². The van der Waals surface area contributed by atoms with Crippen molar-refractivity contribution in [1.82, 2.24) is 15.5 Å². The summed E-state index contributed by atoms with van der Waals surface area (Å²) in [5, 5.41) is 12.2. The second kappa shape index (κ2) is 5.70. The van der Waals surface area contributed by atoms with Crippen LogP contribution in [0.1, 0.15) is 5.89 Å². The average molecular weight is 370 g/mol. The SMILES string of the molecule is O=S1(=O)C=CC(NCc2nnc(-c3ccccc3Br)o2)C1. The van der Waals surface area contributed by atoms with Gasteiger partial charge in [0.2, 0.25) is 11.8 Å². The number of hydrogen-bond acceptors (Lipinski definition) is 6. The van der Waals surface area contributed by atoms with E-state index in [0.717, 1.165) is 10.0 Å². The van der Waals surface area contributed by atoms with Crippen molar-refractivity contribution < 1.29 is 12.8 Å². The Balaban J connectivity index is 1.67. The van der Waals surface area contributed by atoms with Crippen molar-refractivity contribution >= 4 is 25.8 Å². The van der Waals surface area contributed by atoms with E-state index in [1.54, 1.807) is 6.08 Å². The summed E-state index contributed by atoms with van der Waals surface area (Å²) >= 11 is 3.43. The Hall–Kier alpha value is -1.51. The minimum Gasteiger partial charge on any atom is -0.419 e. The molecule has 0 aliphatic carbocycles. The first-order valence-corrected chi connectivity index (χ1v) is 8.76. The summed E-state index contributed by atoms with van der Waals surface area (Å²) in [6, 6.07) is 7.34. The van der Waals surface area contributed by atoms with Crippen LogP contribution in [0.2, 0.25) is 0 Å². The first kappa shape index (κ1) is 14.4. The maximum Gasteiger partial charge on any atom is 0.248 e. The summed E-state index contributed by atoms with van der Waals surface area (Å²) < 4.78 is 29.0. The van der Waals surface area contributed by atoms with Gasteiger partial charge in [-0.25, -0.2) is 8.42 Å². The highest BCUT2D eigenvalue weighted by molar-refractivity contribution is 9.10. The summed E-state index contributed by atoms with van der Waals surface area (Å²) in [4.78, 5) is 0. The van der Waals surface area contributed by atoms with E-state index in [9.17, 15) is 8.42 Å². The molecule has 8 heteroatoms. The zero-order valence-corrected chi connectivity index (χ0v) is 13.3. The van der Waals surface area contributed by atoms with Gasteiger partial charge in [0.25, 0.3) is 0 Å². The predicted molar refractivity (Wildman–Crippen MR) is 81.0 cm³/mol. The van der Waals surface area contributed by atoms with Crippen LogP contribution < -0.4 is 5.32 Å². The fourth-order valence-corrected chi connectivity index (χ4v) is 3.71. The largest absolute Gasteiger partial charge is 0.419 e. The normalized spacial score (nSPS) is 20.0. The van der Waals surface area contributed by atoms with Crippen molar-refractivity contribution in [2.24, 2.45) is 0 Å². The number of sulfone groups is 1. The van der Waals surface area contributed by atoms with Gasteiger partial charge in [0.05, 0.1) is 17.9 Å². The van der Waals surface area contributed by atoms with Gasteiger partial charge in [0.1, 0.15) is 0 Å². The highest BCUT2D eigenvalue weighted by Gasteiger charge is 2.21. The molecule has 1 aromatic heterocycles. The van der Waals surface area contributed by atoms with E-state index in [1.807, 2.05) is 24.3 Å². The van der Waals surface area contributed by atoms with E-state index in [-0.39, 0.29) is 11.8 Å². The van der Waals surface area contributed by atoms with Crippen LogP contribution in [0.3, 0.4) is 0 Å². The minimum absolute atomic E-state index is 0.0677. The molecule has 1 atom stereocenters. The number of hydrogen-bond donors (Lipinski definition) is 1. The molecule has 1 unspecified atom stereocenters. The van der Waals surface area contributed by atoms with E-state index in [0.29, 0.717) is 18.3 Å². The molecule has 1 aromatic carbocycles. The Morgan fingerprint density at radius 3 is 2.86 bits per heavy atom. The standard InChI is InChI=1S/C13H12BrN3O3S/c14-11-4-2-1-3-10(11)13-17-16-12(20-13)7-15-9-5-6-21(18,19)8-9/h1-6,9,15H,7-8H2. The third-order valence-corrected chi connectivity index (χ3v) is 5.10. The molecule has 0 saturated carbocycles. The number of halogens is 1. The quantitative estimate of drug-likeness (QED) is 0.885. The molecular formula is C13H12BrN3O3S. The Labute approximate surface area is 130 Å². The second-order valence-corrected chi connectivity index (χ2v) is 7.41. The molecule has 110 valence electrons. The molecule has 21 heavy (non-hydrogen) atoms. The molecule has 0 fully saturated rings. The fraction of sp³-hybridized carbons (Fsp3) is 0.231. The molecule has 0 bridgehead atoms. The average Bonchev–Trinajstić information content (AvgIpc) is 3.03. The zero-order chi connectivity index (χ0) is 14.9. The van der Waals surface area contributed by atoms with Gasteiger partial charge in [0, 0.05) is 15.9 Å². The number of nitrogens with zero attached hydrogens (tertiary/aromatic N) is 2. The Morgan fingerprint density at radius 1 is 1.33 bits per heavy atom. The maximum absolute atomic E-state index is 11.3. The van der Waals surface area contributed by atoms with E-state index in [2.05, 4.69) is 31.4 Å². The number of nitrogens with one attached hydrogen (secondary N) is 1. The first-order valence-electron chi connectivity index (χ1n) is 6.25. The summed E-state index contributed by atoms with van der Waals surface area (Å²) in [7, 11) is -3.06. The highest BCUT2D eigenvalue weighted by Crippen LogP contribution is 2.26. The Morgan fingerprint density at radius 2 is 2.14 bits per heavy atom. The molecule has 0 spiro atoms. The topological polar surface area (TPSA) is 85.1 Å². The Kier molecular flexibility index (Phi) is 3.92. The summed E-state index contributed by atoms with van der Waals surface area (Å²) in [5.41, 5.74) is 0.819. The molecule has 3 rings (SSSR count). The lowest BCUT2D eigenvalue weighted by Crippen LogP contribution is -2.29. The van der Waals surface area contributed by atoms with Gasteiger partial charge in [-0.2, -0.15) is 0 Å². The minimum atomic E-state index is -3.06. The number of benzene rings is 1. The molecule has 1 aliphatic rings. The predicted octanol–water partition coefficient (Wildman–Crippen LogP) is 1.90. The fourth-order valence-electron chi connectivity index (χ4n) is 1.99. The molecule has 2 aromatic rings. The lowest BCUT2D eigenvalue weighted by atomic mass is 10.2. The van der Waals surface area contributed by atoms with Crippen LogP contribution >= 0.6 is 15.9 Å².